The van der Waals surface area contributed by atoms with Crippen LogP contribution in [-0.2, 0) is 33.3 Å². The van der Waals surface area contributed by atoms with E-state index >= 15 is 0 Å². The molecule has 0 radical (unpaired) electrons. The summed E-state index contributed by atoms with van der Waals surface area (Å²) < 4.78 is 22.5. The van der Waals surface area contributed by atoms with Crippen LogP contribution in [-0.4, -0.2) is 48.3 Å². The van der Waals surface area contributed by atoms with Gasteiger partial charge in [-0.3, -0.25) is 9.59 Å². The molecule has 1 saturated heterocycles. The van der Waals surface area contributed by atoms with Gasteiger partial charge in [0.25, 0.3) is 0 Å². The maximum Gasteiger partial charge on any atom is 0.333 e. The Morgan fingerprint density at radius 2 is 1.78 bits per heavy atom. The maximum absolute atomic E-state index is 12.0. The van der Waals surface area contributed by atoms with E-state index in [1.165, 1.54) is 19.9 Å². The number of hydrogen-bond donors (Lipinski definition) is 1. The lowest BCUT2D eigenvalue weighted by Crippen LogP contribution is -2.63. The van der Waals surface area contributed by atoms with Crippen molar-refractivity contribution < 1.29 is 38.4 Å². The average molecular weight is 519 g/mol. The highest BCUT2D eigenvalue weighted by molar-refractivity contribution is 5.85. The van der Waals surface area contributed by atoms with E-state index in [-0.39, 0.29) is 34.1 Å². The maximum atomic E-state index is 12.0. The average Bonchev–Trinajstić information content (AvgIpc) is 3.15. The van der Waals surface area contributed by atoms with Crippen molar-refractivity contribution >= 4 is 17.9 Å². The summed E-state index contributed by atoms with van der Waals surface area (Å²) in [5.41, 5.74) is 0.480. The Hall–Kier alpha value is -1.93. The Balaban J connectivity index is 1.47. The van der Waals surface area contributed by atoms with Crippen molar-refractivity contribution in [3.8, 4) is 0 Å². The van der Waals surface area contributed by atoms with Gasteiger partial charge >= 0.3 is 17.9 Å². The Kier molecular flexibility index (Phi) is 6.75. The first-order chi connectivity index (χ1) is 17.4. The van der Waals surface area contributed by atoms with E-state index in [0.29, 0.717) is 30.4 Å². The largest absolute Gasteiger partial charge is 0.465 e. The van der Waals surface area contributed by atoms with Crippen molar-refractivity contribution in [2.45, 2.75) is 105 Å². The lowest BCUT2D eigenvalue weighted by molar-refractivity contribution is -0.271. The monoisotopic (exact) mass is 518 g/mol. The Morgan fingerprint density at radius 1 is 1.03 bits per heavy atom. The highest BCUT2D eigenvalue weighted by atomic mass is 16.7. The van der Waals surface area contributed by atoms with Gasteiger partial charge in [-0.05, 0) is 73.5 Å². The molecule has 5 aliphatic rings. The molecule has 10 atom stereocenters. The molecule has 8 nitrogen and oxygen atoms in total. The number of aliphatic hydroxyl groups is 1. The van der Waals surface area contributed by atoms with Crippen molar-refractivity contribution in [2.75, 3.05) is 6.61 Å². The lowest BCUT2D eigenvalue weighted by Gasteiger charge is -2.68. The molecule has 0 aromatic rings. The summed E-state index contributed by atoms with van der Waals surface area (Å²) in [7, 11) is 0. The van der Waals surface area contributed by atoms with Crippen molar-refractivity contribution in [3.63, 3.8) is 0 Å². The highest BCUT2D eigenvalue weighted by Crippen LogP contribution is 2.70. The number of ether oxygens (including phenoxy) is 4. The van der Waals surface area contributed by atoms with Crippen molar-refractivity contribution in [2.24, 2.45) is 39.9 Å². The number of hydrogen-bond acceptors (Lipinski definition) is 8. The van der Waals surface area contributed by atoms with Gasteiger partial charge in [-0.1, -0.05) is 27.2 Å². The van der Waals surface area contributed by atoms with E-state index < -0.39 is 30.6 Å². The van der Waals surface area contributed by atoms with Gasteiger partial charge in [0.15, 0.2) is 0 Å². The van der Waals surface area contributed by atoms with Crippen LogP contribution < -0.4 is 0 Å². The Bertz CT molecular complexity index is 990. The highest BCUT2D eigenvalue weighted by Gasteiger charge is 2.65. The van der Waals surface area contributed by atoms with Gasteiger partial charge in [-0.15, -0.1) is 0 Å². The molecular formula is C29H42O8. The van der Waals surface area contributed by atoms with Gasteiger partial charge in [-0.2, -0.15) is 0 Å². The minimum absolute atomic E-state index is 0.0107. The smallest absolute Gasteiger partial charge is 0.333 e. The summed E-state index contributed by atoms with van der Waals surface area (Å²) in [6.45, 7) is 10.5. The molecule has 0 amide bonds. The first-order valence-corrected chi connectivity index (χ1v) is 13.9. The topological polar surface area (TPSA) is 108 Å². The molecule has 0 bridgehead atoms. The number of rotatable bonds is 4. The Morgan fingerprint density at radius 3 is 2.43 bits per heavy atom. The molecular weight excluding hydrogens is 476 g/mol. The molecule has 1 unspecified atom stereocenters. The number of carbonyl (C=O) groups excluding carboxylic acids is 3. The fraction of sp³-hybridized carbons (Fsp3) is 0.828. The van der Waals surface area contributed by atoms with Crippen LogP contribution in [0.4, 0.5) is 0 Å². The standard InChI is InChI=1S/C29H42O8/c1-16(30)34-15-27(3)10-6-11-29(5)22(27)9-12-28(4)20-14-21(19-13-24(32)37-25(19)33)36-26(35-17(2)31)18(20)7-8-23(28)29/h13,18,20-23,25-26,33H,6-12,14-15H2,1-5H3/t18-,20+,21+,22-,23-,25?,26+,27+,28-,29-/m0/s1. The van der Waals surface area contributed by atoms with Gasteiger partial charge in [0.2, 0.25) is 12.6 Å². The molecule has 2 heterocycles. The fourth-order valence-electron chi connectivity index (χ4n) is 9.57. The van der Waals surface area contributed by atoms with Crippen molar-refractivity contribution in [1.82, 2.24) is 0 Å². The van der Waals surface area contributed by atoms with Crippen molar-refractivity contribution in [3.05, 3.63) is 11.6 Å². The summed E-state index contributed by atoms with van der Waals surface area (Å²) in [4.78, 5) is 35.6. The van der Waals surface area contributed by atoms with Crippen LogP contribution >= 0.6 is 0 Å². The molecule has 0 aromatic carbocycles. The first kappa shape index (κ1) is 26.7. The van der Waals surface area contributed by atoms with E-state index in [0.717, 1.165) is 44.9 Å². The number of carbonyl (C=O) groups is 3. The second-order valence-corrected chi connectivity index (χ2v) is 13.1. The first-order valence-electron chi connectivity index (χ1n) is 13.9. The lowest BCUT2D eigenvalue weighted by atomic mass is 9.38. The van der Waals surface area contributed by atoms with Gasteiger partial charge in [0.05, 0.1) is 12.7 Å². The van der Waals surface area contributed by atoms with Gasteiger partial charge < -0.3 is 24.1 Å². The molecule has 2 aliphatic heterocycles. The minimum atomic E-state index is -1.33. The van der Waals surface area contributed by atoms with E-state index in [1.54, 1.807) is 0 Å². The number of fused-ring (bicyclic) bond motifs is 5. The van der Waals surface area contributed by atoms with Gasteiger partial charge in [0.1, 0.15) is 0 Å². The van der Waals surface area contributed by atoms with Gasteiger partial charge in [-0.25, -0.2) is 4.79 Å². The van der Waals surface area contributed by atoms with Crippen LogP contribution in [0, 0.1) is 39.9 Å². The predicted molar refractivity (Wildman–Crippen MR) is 132 cm³/mol. The number of cyclic esters (lactones) is 1. The van der Waals surface area contributed by atoms with E-state index in [2.05, 4.69) is 20.8 Å². The number of aliphatic hydroxyl groups excluding tert-OH is 1. The predicted octanol–water partition coefficient (Wildman–Crippen LogP) is 4.28. The molecule has 1 N–H and O–H groups in total. The molecule has 206 valence electrons. The summed E-state index contributed by atoms with van der Waals surface area (Å²) in [5, 5.41) is 10.4. The van der Waals surface area contributed by atoms with Crippen LogP contribution in [0.15, 0.2) is 11.6 Å². The molecule has 3 saturated carbocycles. The molecule has 0 spiro atoms. The molecule has 37 heavy (non-hydrogen) atoms. The summed E-state index contributed by atoms with van der Waals surface area (Å²) >= 11 is 0. The normalized spacial score (nSPS) is 47.0. The zero-order valence-electron chi connectivity index (χ0n) is 22.8. The summed E-state index contributed by atoms with van der Waals surface area (Å²) in [6, 6.07) is 0. The molecule has 4 fully saturated rings. The van der Waals surface area contributed by atoms with Crippen LogP contribution in [0.5, 0.6) is 0 Å². The SMILES string of the molecule is CC(=O)OC[C@@]1(C)CCC[C@]2(C)[C@H]3CC[C@@H]4[C@H](OC(C)=O)O[C@@H](C5=CC(=O)OC5O)C[C@H]4[C@]3(C)CC[C@@H]12. The van der Waals surface area contributed by atoms with E-state index in [1.807, 2.05) is 0 Å². The number of esters is 3. The molecule has 5 rings (SSSR count). The summed E-state index contributed by atoms with van der Waals surface area (Å²) in [6.07, 6.45) is 6.75. The molecule has 3 aliphatic carbocycles. The fourth-order valence-corrected chi connectivity index (χ4v) is 9.57. The third kappa shape index (κ3) is 4.42. The van der Waals surface area contributed by atoms with Crippen molar-refractivity contribution in [1.29, 1.82) is 0 Å². The second kappa shape index (κ2) is 9.37. The third-order valence-corrected chi connectivity index (χ3v) is 11.0. The Labute approximate surface area is 219 Å². The molecule has 0 aromatic heterocycles. The minimum Gasteiger partial charge on any atom is -0.465 e. The quantitative estimate of drug-likeness (QED) is 0.434. The van der Waals surface area contributed by atoms with Crippen LogP contribution in [0.25, 0.3) is 0 Å². The van der Waals surface area contributed by atoms with Crippen LogP contribution in [0.2, 0.25) is 0 Å². The van der Waals surface area contributed by atoms with Crippen LogP contribution in [0.3, 0.4) is 0 Å². The van der Waals surface area contributed by atoms with Gasteiger partial charge in [0, 0.05) is 36.8 Å². The van der Waals surface area contributed by atoms with E-state index in [4.69, 9.17) is 18.9 Å². The van der Waals surface area contributed by atoms with Crippen LogP contribution in [0.1, 0.15) is 86.0 Å². The summed E-state index contributed by atoms with van der Waals surface area (Å²) in [5.74, 6) is 0.0136. The third-order valence-electron chi connectivity index (χ3n) is 11.0. The molecule has 8 heteroatoms. The zero-order chi connectivity index (χ0) is 26.8. The zero-order valence-corrected chi connectivity index (χ0v) is 22.8. The second-order valence-electron chi connectivity index (χ2n) is 13.1. The van der Waals surface area contributed by atoms with E-state index in [9.17, 15) is 19.5 Å².